The predicted molar refractivity (Wildman–Crippen MR) is 76.3 cm³/mol. The molecular formula is C13H16BrNO3S. The summed E-state index contributed by atoms with van der Waals surface area (Å²) in [4.78, 5) is 15.2. The molecule has 2 aliphatic heterocycles. The van der Waals surface area contributed by atoms with Crippen LogP contribution in [0.3, 0.4) is 0 Å². The lowest BCUT2D eigenvalue weighted by Crippen LogP contribution is -2.43. The quantitative estimate of drug-likeness (QED) is 0.827. The number of ether oxygens (including phenoxy) is 2. The molecule has 19 heavy (non-hydrogen) atoms. The van der Waals surface area contributed by atoms with E-state index in [0.717, 1.165) is 35.3 Å². The summed E-state index contributed by atoms with van der Waals surface area (Å²) >= 11 is 4.91. The van der Waals surface area contributed by atoms with Crippen LogP contribution in [0.15, 0.2) is 15.9 Å². The maximum atomic E-state index is 12.5. The van der Waals surface area contributed by atoms with Gasteiger partial charge < -0.3 is 14.4 Å². The van der Waals surface area contributed by atoms with Gasteiger partial charge in [0.2, 0.25) is 0 Å². The van der Waals surface area contributed by atoms with Crippen molar-refractivity contribution in [2.24, 2.45) is 5.92 Å². The summed E-state index contributed by atoms with van der Waals surface area (Å²) < 4.78 is 12.0. The molecular weight excluding hydrogens is 330 g/mol. The first-order chi connectivity index (χ1) is 9.25. The van der Waals surface area contributed by atoms with E-state index in [2.05, 4.69) is 15.9 Å². The minimum atomic E-state index is -0.123. The normalized spacial score (nSPS) is 24.9. The molecule has 0 saturated carbocycles. The van der Waals surface area contributed by atoms with E-state index in [1.54, 1.807) is 0 Å². The fraction of sp³-hybridized carbons (Fsp3) is 0.615. The molecule has 1 unspecified atom stereocenters. The third-order valence-corrected chi connectivity index (χ3v) is 5.41. The molecule has 3 heterocycles. The number of nitrogens with zero attached hydrogens (tertiary/aromatic N) is 1. The largest absolute Gasteiger partial charge is 0.350 e. The van der Waals surface area contributed by atoms with Gasteiger partial charge in [-0.3, -0.25) is 4.79 Å². The Morgan fingerprint density at radius 1 is 1.42 bits per heavy atom. The van der Waals surface area contributed by atoms with E-state index >= 15 is 0 Å². The standard InChI is InChI=1S/C13H16BrNO3S/c14-10-3-7-19-11(10)12(16)15-4-1-2-9(8-15)13-17-5-6-18-13/h3,7,9,13H,1-2,4-6,8H2. The average molecular weight is 346 g/mol. The van der Waals surface area contributed by atoms with Crippen LogP contribution in [0, 0.1) is 5.92 Å². The van der Waals surface area contributed by atoms with Gasteiger partial charge in [-0.05, 0) is 40.2 Å². The fourth-order valence-corrected chi connectivity index (χ4v) is 4.16. The lowest BCUT2D eigenvalue weighted by atomic mass is 9.97. The number of halogens is 1. The molecule has 104 valence electrons. The number of likely N-dealkylation sites (tertiary alicyclic amines) is 1. The van der Waals surface area contributed by atoms with Crippen molar-refractivity contribution in [3.63, 3.8) is 0 Å². The van der Waals surface area contributed by atoms with Crippen molar-refractivity contribution in [2.45, 2.75) is 19.1 Å². The van der Waals surface area contributed by atoms with Gasteiger partial charge in [0, 0.05) is 23.5 Å². The molecule has 2 aliphatic rings. The van der Waals surface area contributed by atoms with Gasteiger partial charge in [0.25, 0.3) is 5.91 Å². The van der Waals surface area contributed by atoms with Crippen molar-refractivity contribution in [1.29, 1.82) is 0 Å². The van der Waals surface area contributed by atoms with Crippen molar-refractivity contribution in [3.05, 3.63) is 20.8 Å². The second-order valence-electron chi connectivity index (χ2n) is 4.86. The van der Waals surface area contributed by atoms with Crippen LogP contribution in [0.5, 0.6) is 0 Å². The number of carbonyl (C=O) groups excluding carboxylic acids is 1. The summed E-state index contributed by atoms with van der Waals surface area (Å²) in [7, 11) is 0. The van der Waals surface area contributed by atoms with Crippen LogP contribution in [0.1, 0.15) is 22.5 Å². The molecule has 4 nitrogen and oxygen atoms in total. The third-order valence-electron chi connectivity index (χ3n) is 3.59. The first-order valence-electron chi connectivity index (χ1n) is 6.51. The number of amides is 1. The van der Waals surface area contributed by atoms with E-state index in [9.17, 15) is 4.79 Å². The van der Waals surface area contributed by atoms with E-state index < -0.39 is 0 Å². The van der Waals surface area contributed by atoms with Crippen LogP contribution in [-0.2, 0) is 9.47 Å². The van der Waals surface area contributed by atoms with Crippen LogP contribution in [0.25, 0.3) is 0 Å². The summed E-state index contributed by atoms with van der Waals surface area (Å²) in [5.41, 5.74) is 0. The van der Waals surface area contributed by atoms with E-state index in [1.165, 1.54) is 11.3 Å². The van der Waals surface area contributed by atoms with Crippen LogP contribution in [-0.4, -0.2) is 43.4 Å². The van der Waals surface area contributed by atoms with Gasteiger partial charge in [0.1, 0.15) is 4.88 Å². The molecule has 1 amide bonds. The molecule has 6 heteroatoms. The summed E-state index contributed by atoms with van der Waals surface area (Å²) in [6.45, 7) is 2.90. The van der Waals surface area contributed by atoms with Gasteiger partial charge >= 0.3 is 0 Å². The third kappa shape index (κ3) is 2.86. The smallest absolute Gasteiger partial charge is 0.265 e. The monoisotopic (exact) mass is 345 g/mol. The number of rotatable bonds is 2. The van der Waals surface area contributed by atoms with Crippen LogP contribution >= 0.6 is 27.3 Å². The Balaban J connectivity index is 1.67. The maximum Gasteiger partial charge on any atom is 0.265 e. The molecule has 2 saturated heterocycles. The van der Waals surface area contributed by atoms with Crippen molar-refractivity contribution in [2.75, 3.05) is 26.3 Å². The van der Waals surface area contributed by atoms with E-state index in [0.29, 0.717) is 19.1 Å². The summed E-state index contributed by atoms with van der Waals surface area (Å²) in [5.74, 6) is 0.420. The highest BCUT2D eigenvalue weighted by Crippen LogP contribution is 2.29. The summed E-state index contributed by atoms with van der Waals surface area (Å²) in [6, 6.07) is 1.92. The van der Waals surface area contributed by atoms with Gasteiger partial charge in [-0.15, -0.1) is 11.3 Å². The first kappa shape index (κ1) is 13.5. The van der Waals surface area contributed by atoms with Crippen molar-refractivity contribution in [1.82, 2.24) is 4.90 Å². The lowest BCUT2D eigenvalue weighted by Gasteiger charge is -2.34. The Morgan fingerprint density at radius 3 is 2.89 bits per heavy atom. The molecule has 0 radical (unpaired) electrons. The van der Waals surface area contributed by atoms with Crippen LogP contribution < -0.4 is 0 Å². The van der Waals surface area contributed by atoms with Gasteiger partial charge in [0.05, 0.1) is 13.2 Å². The molecule has 0 bridgehead atoms. The summed E-state index contributed by atoms with van der Waals surface area (Å²) in [5, 5.41) is 1.93. The van der Waals surface area contributed by atoms with Crippen molar-refractivity contribution < 1.29 is 14.3 Å². The zero-order chi connectivity index (χ0) is 13.2. The van der Waals surface area contributed by atoms with Crippen molar-refractivity contribution >= 4 is 33.2 Å². The lowest BCUT2D eigenvalue weighted by molar-refractivity contribution is -0.0969. The summed E-state index contributed by atoms with van der Waals surface area (Å²) in [6.07, 6.45) is 1.96. The Morgan fingerprint density at radius 2 is 2.21 bits per heavy atom. The second kappa shape index (κ2) is 5.91. The van der Waals surface area contributed by atoms with Gasteiger partial charge in [0.15, 0.2) is 6.29 Å². The Kier molecular flexibility index (Phi) is 4.21. The molecule has 2 fully saturated rings. The van der Waals surface area contributed by atoms with Crippen LogP contribution in [0.4, 0.5) is 0 Å². The molecule has 0 N–H and O–H groups in total. The number of hydrogen-bond donors (Lipinski definition) is 0. The minimum Gasteiger partial charge on any atom is -0.350 e. The topological polar surface area (TPSA) is 38.8 Å². The SMILES string of the molecule is O=C(c1sccc1Br)N1CCCC(C2OCCO2)C1. The average Bonchev–Trinajstić information content (AvgIpc) is 3.09. The minimum absolute atomic E-state index is 0.115. The van der Waals surface area contributed by atoms with Gasteiger partial charge in [-0.1, -0.05) is 0 Å². The highest BCUT2D eigenvalue weighted by Gasteiger charge is 2.33. The Labute approximate surface area is 124 Å². The zero-order valence-electron chi connectivity index (χ0n) is 10.5. The highest BCUT2D eigenvalue weighted by molar-refractivity contribution is 9.10. The van der Waals surface area contributed by atoms with Gasteiger partial charge in [-0.2, -0.15) is 0 Å². The highest BCUT2D eigenvalue weighted by atomic mass is 79.9. The molecule has 0 aromatic carbocycles. The van der Waals surface area contributed by atoms with E-state index in [4.69, 9.17) is 9.47 Å². The van der Waals surface area contributed by atoms with E-state index in [-0.39, 0.29) is 12.2 Å². The first-order valence-corrected chi connectivity index (χ1v) is 8.18. The van der Waals surface area contributed by atoms with Crippen molar-refractivity contribution in [3.8, 4) is 0 Å². The van der Waals surface area contributed by atoms with E-state index in [1.807, 2.05) is 16.3 Å². The molecule has 0 spiro atoms. The molecule has 3 rings (SSSR count). The molecule has 1 aromatic heterocycles. The fourth-order valence-electron chi connectivity index (χ4n) is 2.66. The van der Waals surface area contributed by atoms with Crippen LogP contribution in [0.2, 0.25) is 0 Å². The van der Waals surface area contributed by atoms with Gasteiger partial charge in [-0.25, -0.2) is 0 Å². The second-order valence-corrected chi connectivity index (χ2v) is 6.63. The number of piperidine rings is 1. The molecule has 1 aromatic rings. The predicted octanol–water partition coefficient (Wildman–Crippen LogP) is 2.74. The Bertz CT molecular complexity index is 458. The molecule has 0 aliphatic carbocycles. The Hall–Kier alpha value is -0.430. The number of hydrogen-bond acceptors (Lipinski definition) is 4. The number of thiophene rings is 1. The maximum absolute atomic E-state index is 12.5. The number of carbonyl (C=O) groups is 1. The molecule has 1 atom stereocenters. The zero-order valence-corrected chi connectivity index (χ0v) is 12.9.